The third kappa shape index (κ3) is 5.92. The van der Waals surface area contributed by atoms with Gasteiger partial charge in [-0.1, -0.05) is 35.3 Å². The molecule has 2 aromatic rings. The topological polar surface area (TPSA) is 76.4 Å². The second kappa shape index (κ2) is 9.62. The van der Waals surface area contributed by atoms with Crippen molar-refractivity contribution in [3.63, 3.8) is 0 Å². The van der Waals surface area contributed by atoms with Crippen LogP contribution in [-0.4, -0.2) is 25.0 Å². The van der Waals surface area contributed by atoms with Crippen LogP contribution in [0.15, 0.2) is 48.5 Å². The van der Waals surface area contributed by atoms with Gasteiger partial charge in [0.2, 0.25) is 5.78 Å². The average Bonchev–Trinajstić information content (AvgIpc) is 2.63. The van der Waals surface area contributed by atoms with Gasteiger partial charge in [-0.3, -0.25) is 4.79 Å². The zero-order valence-corrected chi connectivity index (χ0v) is 15.0. The fraction of sp³-hybridized carbons (Fsp3) is 0.105. The van der Waals surface area contributed by atoms with Crippen molar-refractivity contribution in [1.82, 2.24) is 0 Å². The number of carbonyl (C=O) groups excluding carboxylic acids is 2. The van der Waals surface area contributed by atoms with Gasteiger partial charge in [-0.2, -0.15) is 5.26 Å². The van der Waals surface area contributed by atoms with E-state index in [1.807, 2.05) is 6.07 Å². The van der Waals surface area contributed by atoms with E-state index in [2.05, 4.69) is 0 Å². The van der Waals surface area contributed by atoms with Crippen molar-refractivity contribution in [3.05, 3.63) is 69.7 Å². The van der Waals surface area contributed by atoms with Crippen LogP contribution < -0.4 is 4.74 Å². The van der Waals surface area contributed by atoms with Gasteiger partial charge in [-0.05, 0) is 42.0 Å². The Labute approximate surface area is 160 Å². The summed E-state index contributed by atoms with van der Waals surface area (Å²) in [4.78, 5) is 23.7. The fourth-order valence-corrected chi connectivity index (χ4v) is 2.45. The number of ketones is 1. The van der Waals surface area contributed by atoms with Gasteiger partial charge < -0.3 is 9.47 Å². The lowest BCUT2D eigenvalue weighted by Gasteiger charge is -2.04. The van der Waals surface area contributed by atoms with E-state index < -0.39 is 18.4 Å². The molecule has 5 nitrogen and oxygen atoms in total. The minimum Gasteiger partial charge on any atom is -0.479 e. The summed E-state index contributed by atoms with van der Waals surface area (Å²) in [6, 6.07) is 13.1. The molecule has 0 aliphatic carbocycles. The molecule has 0 amide bonds. The molecule has 0 bridgehead atoms. The first-order valence-electron chi connectivity index (χ1n) is 7.42. The highest BCUT2D eigenvalue weighted by Crippen LogP contribution is 2.21. The summed E-state index contributed by atoms with van der Waals surface area (Å²) >= 11 is 11.7. The number of carbonyl (C=O) groups is 2. The van der Waals surface area contributed by atoms with Crippen LogP contribution in [0.2, 0.25) is 10.0 Å². The van der Waals surface area contributed by atoms with Crippen molar-refractivity contribution >= 4 is 41.0 Å². The maximum atomic E-state index is 12.0. The first-order chi connectivity index (χ1) is 12.5. The van der Waals surface area contributed by atoms with Gasteiger partial charge in [0, 0.05) is 16.7 Å². The molecule has 0 unspecified atom stereocenters. The van der Waals surface area contributed by atoms with Crippen LogP contribution in [0.5, 0.6) is 5.75 Å². The van der Waals surface area contributed by atoms with Crippen molar-refractivity contribution in [3.8, 4) is 11.8 Å². The van der Waals surface area contributed by atoms with Crippen molar-refractivity contribution in [1.29, 1.82) is 5.26 Å². The lowest BCUT2D eigenvalue weighted by Crippen LogP contribution is -2.13. The summed E-state index contributed by atoms with van der Waals surface area (Å²) in [6.45, 7) is -0.460. The van der Waals surface area contributed by atoms with Crippen molar-refractivity contribution < 1.29 is 19.1 Å². The van der Waals surface area contributed by atoms with Gasteiger partial charge in [0.25, 0.3) is 0 Å². The van der Waals surface area contributed by atoms with Crippen LogP contribution in [-0.2, 0) is 9.53 Å². The molecule has 0 saturated carbocycles. The van der Waals surface area contributed by atoms with Crippen molar-refractivity contribution in [2.45, 2.75) is 0 Å². The second-order valence-corrected chi connectivity index (χ2v) is 5.85. The molecule has 0 aliphatic heterocycles. The van der Waals surface area contributed by atoms with Crippen molar-refractivity contribution in [2.24, 2.45) is 0 Å². The molecule has 2 rings (SSSR count). The minimum atomic E-state index is -0.659. The summed E-state index contributed by atoms with van der Waals surface area (Å²) in [6.07, 6.45) is 2.75. The fourth-order valence-electron chi connectivity index (χ4n) is 1.93. The quantitative estimate of drug-likeness (QED) is 0.400. The molecule has 0 heterocycles. The molecule has 132 valence electrons. The van der Waals surface area contributed by atoms with Gasteiger partial charge in [0.05, 0.1) is 5.02 Å². The Kier molecular flexibility index (Phi) is 7.22. The standard InChI is InChI=1S/C19H13Cl2NO4/c20-14-4-7-16(17(21)11-14)18(23)12-26-19(24)8-3-13-1-5-15(6-2-13)25-10-9-22/h1-8,11H,10,12H2/b8-3+. The number of benzene rings is 2. The summed E-state index contributed by atoms with van der Waals surface area (Å²) in [5, 5.41) is 9.06. The first-order valence-corrected chi connectivity index (χ1v) is 8.18. The maximum Gasteiger partial charge on any atom is 0.331 e. The maximum absolute atomic E-state index is 12.0. The number of halogens is 2. The largest absolute Gasteiger partial charge is 0.479 e. The van der Waals surface area contributed by atoms with Gasteiger partial charge >= 0.3 is 5.97 Å². The van der Waals surface area contributed by atoms with E-state index in [1.165, 1.54) is 30.4 Å². The number of rotatable bonds is 7. The van der Waals surface area contributed by atoms with Crippen LogP contribution in [0, 0.1) is 11.3 Å². The van der Waals surface area contributed by atoms with E-state index in [-0.39, 0.29) is 17.2 Å². The summed E-state index contributed by atoms with van der Waals surface area (Å²) in [5.41, 5.74) is 0.971. The van der Waals surface area contributed by atoms with E-state index in [4.69, 9.17) is 37.9 Å². The molecular formula is C19H13Cl2NO4. The summed E-state index contributed by atoms with van der Waals surface area (Å²) < 4.78 is 10.0. The zero-order chi connectivity index (χ0) is 18.9. The van der Waals surface area contributed by atoms with Crippen LogP contribution in [0.1, 0.15) is 15.9 Å². The average molecular weight is 390 g/mol. The number of nitrogens with zero attached hydrogens (tertiary/aromatic N) is 1. The minimum absolute atomic E-state index is 0.0345. The Balaban J connectivity index is 1.87. The predicted molar refractivity (Wildman–Crippen MR) is 98.3 cm³/mol. The van der Waals surface area contributed by atoms with Crippen molar-refractivity contribution in [2.75, 3.05) is 13.2 Å². The number of esters is 1. The number of hydrogen-bond acceptors (Lipinski definition) is 5. The molecule has 0 N–H and O–H groups in total. The third-order valence-electron chi connectivity index (χ3n) is 3.17. The Hall–Kier alpha value is -2.81. The lowest BCUT2D eigenvalue weighted by atomic mass is 10.1. The van der Waals surface area contributed by atoms with Gasteiger partial charge in [0.15, 0.2) is 13.2 Å². The Morgan fingerprint density at radius 3 is 2.50 bits per heavy atom. The Bertz CT molecular complexity index is 870. The highest BCUT2D eigenvalue weighted by atomic mass is 35.5. The molecule has 0 radical (unpaired) electrons. The lowest BCUT2D eigenvalue weighted by molar-refractivity contribution is -0.136. The number of ether oxygens (including phenoxy) is 2. The smallest absolute Gasteiger partial charge is 0.331 e. The molecule has 2 aromatic carbocycles. The van der Waals surface area contributed by atoms with E-state index in [0.29, 0.717) is 10.8 Å². The Morgan fingerprint density at radius 2 is 1.85 bits per heavy atom. The summed E-state index contributed by atoms with van der Waals surface area (Å²) in [5.74, 6) is -0.530. The Morgan fingerprint density at radius 1 is 1.12 bits per heavy atom. The van der Waals surface area contributed by atoms with Crippen LogP contribution in [0.3, 0.4) is 0 Å². The highest BCUT2D eigenvalue weighted by Gasteiger charge is 2.12. The number of Topliss-reactive ketones (excluding diaryl/α,β-unsaturated/α-hetero) is 1. The number of hydrogen-bond donors (Lipinski definition) is 0. The first kappa shape index (κ1) is 19.5. The third-order valence-corrected chi connectivity index (χ3v) is 3.72. The summed E-state index contributed by atoms with van der Waals surface area (Å²) in [7, 11) is 0. The molecule has 0 fully saturated rings. The molecule has 0 aliphatic rings. The van der Waals surface area contributed by atoms with E-state index in [9.17, 15) is 9.59 Å². The molecule has 0 atom stereocenters. The monoisotopic (exact) mass is 389 g/mol. The van der Waals surface area contributed by atoms with Gasteiger partial charge in [-0.15, -0.1) is 0 Å². The second-order valence-electron chi connectivity index (χ2n) is 5.00. The zero-order valence-electron chi connectivity index (χ0n) is 13.4. The number of nitriles is 1. The molecule has 7 heteroatoms. The van der Waals surface area contributed by atoms with Crippen LogP contribution >= 0.6 is 23.2 Å². The SMILES string of the molecule is N#CCOc1ccc(/C=C/C(=O)OCC(=O)c2ccc(Cl)cc2Cl)cc1. The molecule has 26 heavy (non-hydrogen) atoms. The van der Waals surface area contributed by atoms with Gasteiger partial charge in [-0.25, -0.2) is 4.79 Å². The molecule has 0 spiro atoms. The van der Waals surface area contributed by atoms with E-state index >= 15 is 0 Å². The molecular weight excluding hydrogens is 377 g/mol. The highest BCUT2D eigenvalue weighted by molar-refractivity contribution is 6.36. The van der Waals surface area contributed by atoms with Gasteiger partial charge in [0.1, 0.15) is 11.8 Å². The van der Waals surface area contributed by atoms with E-state index in [1.54, 1.807) is 24.3 Å². The van der Waals surface area contributed by atoms with Crippen LogP contribution in [0.4, 0.5) is 0 Å². The molecule has 0 aromatic heterocycles. The normalized spacial score (nSPS) is 10.3. The molecule has 0 saturated heterocycles. The predicted octanol–water partition coefficient (Wildman–Crippen LogP) is 4.34. The van der Waals surface area contributed by atoms with Crippen LogP contribution in [0.25, 0.3) is 6.08 Å². The van der Waals surface area contributed by atoms with E-state index in [0.717, 1.165) is 5.56 Å².